The fraction of sp³-hybridized carbons (Fsp3) is 0.867. The van der Waals surface area contributed by atoms with Crippen molar-refractivity contribution in [1.82, 2.24) is 5.32 Å². The van der Waals surface area contributed by atoms with Crippen LogP contribution in [0.4, 0.5) is 4.79 Å². The SMILES string of the molecule is CC(=N[S+]([O-])C(C)(C)C)C12C3C4C1C1C2C3C41NC(=O)O. The standard InChI is InChI=1S/C15H20N2O3S/c1-5(17-21(20)13(2,3)4)14-6-9-7(14)11-8(14)10(6)15(9,11)16-12(18)19/h6-11,16H,1-4H3,(H,18,19). The van der Waals surface area contributed by atoms with E-state index in [1.54, 1.807) is 0 Å². The zero-order chi connectivity index (χ0) is 15.1. The Balaban J connectivity index is 1.39. The minimum atomic E-state index is -1.19. The molecule has 6 rings (SSSR count). The van der Waals surface area contributed by atoms with Crippen LogP contribution in [0, 0.1) is 40.9 Å². The first-order valence-corrected chi connectivity index (χ1v) is 8.79. The molecular formula is C15H20N2O3S. The summed E-state index contributed by atoms with van der Waals surface area (Å²) in [6.07, 6.45) is -0.876. The van der Waals surface area contributed by atoms with Crippen LogP contribution in [0.3, 0.4) is 0 Å². The maximum absolute atomic E-state index is 12.3. The van der Waals surface area contributed by atoms with Gasteiger partial charge >= 0.3 is 6.09 Å². The monoisotopic (exact) mass is 308 g/mol. The summed E-state index contributed by atoms with van der Waals surface area (Å²) in [4.78, 5) is 11.0. The summed E-state index contributed by atoms with van der Waals surface area (Å²) in [5.74, 6) is 3.48. The Bertz CT molecular complexity index is 569. The van der Waals surface area contributed by atoms with E-state index in [9.17, 15) is 9.35 Å². The van der Waals surface area contributed by atoms with Crippen molar-refractivity contribution in [1.29, 1.82) is 0 Å². The quantitative estimate of drug-likeness (QED) is 0.614. The first kappa shape index (κ1) is 12.8. The molecule has 5 nitrogen and oxygen atoms in total. The lowest BCUT2D eigenvalue weighted by molar-refractivity contribution is -0.602. The highest BCUT2D eigenvalue weighted by atomic mass is 32.2. The van der Waals surface area contributed by atoms with Gasteiger partial charge in [-0.2, -0.15) is 0 Å². The molecule has 6 heteroatoms. The van der Waals surface area contributed by atoms with Crippen molar-refractivity contribution in [3.05, 3.63) is 0 Å². The van der Waals surface area contributed by atoms with Crippen LogP contribution in [-0.4, -0.2) is 31.8 Å². The van der Waals surface area contributed by atoms with Crippen LogP contribution in [0.1, 0.15) is 27.7 Å². The summed E-state index contributed by atoms with van der Waals surface area (Å²) < 4.78 is 16.5. The van der Waals surface area contributed by atoms with Gasteiger partial charge in [-0.25, -0.2) is 4.79 Å². The minimum Gasteiger partial charge on any atom is -0.591 e. The van der Waals surface area contributed by atoms with Gasteiger partial charge in [-0.1, -0.05) is 4.40 Å². The fourth-order valence-electron chi connectivity index (χ4n) is 7.03. The first-order valence-electron chi connectivity index (χ1n) is 7.69. The molecule has 114 valence electrons. The summed E-state index contributed by atoms with van der Waals surface area (Å²) in [5.41, 5.74) is 1.23. The summed E-state index contributed by atoms with van der Waals surface area (Å²) in [5, 5.41) is 11.8. The average Bonchev–Trinajstić information content (AvgIpc) is 2.37. The van der Waals surface area contributed by atoms with E-state index in [1.165, 1.54) is 0 Å². The second-order valence-corrected chi connectivity index (χ2v) is 10.4. The van der Waals surface area contributed by atoms with Crippen molar-refractivity contribution in [3.63, 3.8) is 0 Å². The molecule has 0 heterocycles. The van der Waals surface area contributed by atoms with Crippen LogP contribution in [0.5, 0.6) is 0 Å². The number of nitrogens with one attached hydrogen (secondary N) is 1. The summed E-state index contributed by atoms with van der Waals surface area (Å²) in [6, 6.07) is 0. The van der Waals surface area contributed by atoms with Gasteiger partial charge in [0, 0.05) is 5.41 Å². The lowest BCUT2D eigenvalue weighted by atomic mass is 8.93. The molecule has 21 heavy (non-hydrogen) atoms. The Morgan fingerprint density at radius 1 is 1.19 bits per heavy atom. The van der Waals surface area contributed by atoms with Crippen LogP contribution in [0.25, 0.3) is 0 Å². The normalized spacial score (nSPS) is 58.6. The average molecular weight is 308 g/mol. The third-order valence-corrected chi connectivity index (χ3v) is 8.81. The molecule has 0 saturated heterocycles. The van der Waals surface area contributed by atoms with Crippen LogP contribution in [0.2, 0.25) is 0 Å². The van der Waals surface area contributed by atoms with Crippen LogP contribution >= 0.6 is 0 Å². The molecule has 1 amide bonds. The number of amides is 1. The highest BCUT2D eigenvalue weighted by Crippen LogP contribution is 3.07. The molecule has 6 aliphatic carbocycles. The van der Waals surface area contributed by atoms with Crippen molar-refractivity contribution in [3.8, 4) is 0 Å². The molecule has 6 fully saturated rings. The topological polar surface area (TPSA) is 84.8 Å². The van der Waals surface area contributed by atoms with E-state index in [1.807, 2.05) is 27.7 Å². The lowest BCUT2D eigenvalue weighted by Crippen LogP contribution is -3.16. The Labute approximate surface area is 126 Å². The van der Waals surface area contributed by atoms with Crippen molar-refractivity contribution in [2.75, 3.05) is 0 Å². The molecule has 0 radical (unpaired) electrons. The minimum absolute atomic E-state index is 0.0585. The van der Waals surface area contributed by atoms with Crippen molar-refractivity contribution in [2.45, 2.75) is 38.0 Å². The highest BCUT2D eigenvalue weighted by molar-refractivity contribution is 7.91. The van der Waals surface area contributed by atoms with Gasteiger partial charge in [0.1, 0.15) is 16.1 Å². The van der Waals surface area contributed by atoms with E-state index in [-0.39, 0.29) is 15.7 Å². The third-order valence-electron chi connectivity index (χ3n) is 7.32. The molecule has 0 aliphatic heterocycles. The Kier molecular flexibility index (Phi) is 1.82. The summed E-state index contributed by atoms with van der Waals surface area (Å²) in [6.45, 7) is 7.89. The number of rotatable bonds is 3. The predicted octanol–water partition coefficient (Wildman–Crippen LogP) is 1.67. The number of carboxylic acid groups (broad SMARTS) is 1. The lowest BCUT2D eigenvalue weighted by Gasteiger charge is -3.10. The molecule has 1 atom stereocenters. The summed E-state index contributed by atoms with van der Waals surface area (Å²) in [7, 11) is 0. The van der Waals surface area contributed by atoms with E-state index in [4.69, 9.17) is 5.11 Å². The molecule has 0 bridgehead atoms. The van der Waals surface area contributed by atoms with E-state index >= 15 is 0 Å². The fourth-order valence-corrected chi connectivity index (χ4v) is 7.71. The summed E-state index contributed by atoms with van der Waals surface area (Å²) >= 11 is -1.19. The van der Waals surface area contributed by atoms with Crippen molar-refractivity contribution in [2.24, 2.45) is 45.3 Å². The second-order valence-electron chi connectivity index (χ2n) is 8.49. The van der Waals surface area contributed by atoms with Gasteiger partial charge in [-0.3, -0.25) is 0 Å². The zero-order valence-corrected chi connectivity index (χ0v) is 13.4. The van der Waals surface area contributed by atoms with Gasteiger partial charge in [0.05, 0.1) is 11.3 Å². The maximum atomic E-state index is 12.3. The van der Waals surface area contributed by atoms with E-state index in [0.717, 1.165) is 5.71 Å². The molecule has 0 spiro atoms. The molecule has 0 aromatic carbocycles. The van der Waals surface area contributed by atoms with Gasteiger partial charge in [-0.05, 0) is 63.2 Å². The Morgan fingerprint density at radius 2 is 1.67 bits per heavy atom. The van der Waals surface area contributed by atoms with E-state index in [0.29, 0.717) is 35.5 Å². The maximum Gasteiger partial charge on any atom is 0.405 e. The van der Waals surface area contributed by atoms with Crippen molar-refractivity contribution < 1.29 is 14.5 Å². The van der Waals surface area contributed by atoms with Gasteiger partial charge in [0.15, 0.2) is 0 Å². The first-order chi connectivity index (χ1) is 9.70. The number of carbonyl (C=O) groups is 1. The van der Waals surface area contributed by atoms with Crippen molar-refractivity contribution >= 4 is 23.2 Å². The Morgan fingerprint density at radius 3 is 2.05 bits per heavy atom. The van der Waals surface area contributed by atoms with E-state index in [2.05, 4.69) is 9.71 Å². The predicted molar refractivity (Wildman–Crippen MR) is 78.3 cm³/mol. The third kappa shape index (κ3) is 0.889. The molecular weight excluding hydrogens is 288 g/mol. The molecule has 2 N–H and O–H groups in total. The molecule has 6 saturated carbocycles. The van der Waals surface area contributed by atoms with Gasteiger partial charge in [0.25, 0.3) is 0 Å². The van der Waals surface area contributed by atoms with Crippen LogP contribution in [0.15, 0.2) is 4.40 Å². The molecule has 0 aromatic heterocycles. The number of nitrogens with zero attached hydrogens (tertiary/aromatic N) is 1. The largest absolute Gasteiger partial charge is 0.591 e. The molecule has 1 unspecified atom stereocenters. The number of hydrogen-bond acceptors (Lipinski definition) is 3. The smallest absolute Gasteiger partial charge is 0.405 e. The second kappa shape index (κ2) is 3.00. The molecule has 6 aliphatic rings. The van der Waals surface area contributed by atoms with Crippen LogP contribution < -0.4 is 5.32 Å². The highest BCUT2D eigenvalue weighted by Gasteiger charge is 3.11. The molecule has 0 aromatic rings. The Hall–Kier alpha value is -0.750. The van der Waals surface area contributed by atoms with Gasteiger partial charge in [-0.15, -0.1) is 0 Å². The van der Waals surface area contributed by atoms with Crippen LogP contribution in [-0.2, 0) is 11.4 Å². The van der Waals surface area contributed by atoms with Gasteiger partial charge < -0.3 is 15.0 Å². The zero-order valence-electron chi connectivity index (χ0n) is 12.6. The van der Waals surface area contributed by atoms with E-state index < -0.39 is 17.5 Å². The van der Waals surface area contributed by atoms with Gasteiger partial charge in [0.2, 0.25) is 0 Å². The number of hydrogen-bond donors (Lipinski definition) is 2.